The Morgan fingerprint density at radius 3 is 2.44 bits per heavy atom. The van der Waals surface area contributed by atoms with Gasteiger partial charge in [0.1, 0.15) is 5.49 Å². The molecule has 1 fully saturated rings. The van der Waals surface area contributed by atoms with Crippen molar-refractivity contribution in [2.75, 3.05) is 7.11 Å². The van der Waals surface area contributed by atoms with Crippen molar-refractivity contribution in [2.45, 2.75) is 38.7 Å². The van der Waals surface area contributed by atoms with E-state index in [0.29, 0.717) is 22.5 Å². The molecule has 1 aliphatic carbocycles. The number of Topliss-reactive ketones (excluding diaryl/α,β-unsaturated/α-hetero) is 1. The summed E-state index contributed by atoms with van der Waals surface area (Å²) in [4.78, 5) is 20.7. The van der Waals surface area contributed by atoms with Crippen LogP contribution in [-0.2, 0) is 4.79 Å². The number of carbonyl (C=O) groups is 1. The van der Waals surface area contributed by atoms with Crippen LogP contribution in [0.2, 0.25) is 0 Å². The molecule has 0 bridgehead atoms. The van der Waals surface area contributed by atoms with Crippen molar-refractivity contribution in [1.29, 1.82) is 0 Å². The zero-order chi connectivity index (χ0) is 23.8. The molecular weight excluding hydrogens is 424 g/mol. The number of methoxy groups -OCH3 is 1. The van der Waals surface area contributed by atoms with Gasteiger partial charge >= 0.3 is 0 Å². The second kappa shape index (κ2) is 11.3. The van der Waals surface area contributed by atoms with Crippen molar-refractivity contribution >= 4 is 17.4 Å². The van der Waals surface area contributed by atoms with Crippen LogP contribution in [0.5, 0.6) is 11.5 Å². The number of ketones is 1. The normalized spacial score (nSPS) is 15.4. The molecule has 1 saturated carbocycles. The van der Waals surface area contributed by atoms with Gasteiger partial charge in [-0.3, -0.25) is 4.79 Å². The Bertz CT molecular complexity index is 1230. The number of H-pyrrole nitrogens is 1. The highest BCUT2D eigenvalue weighted by atomic mass is 16.5. The summed E-state index contributed by atoms with van der Waals surface area (Å²) in [7, 11) is 1.65. The van der Waals surface area contributed by atoms with Crippen LogP contribution in [-0.4, -0.2) is 24.0 Å². The Balaban J connectivity index is 1.83. The van der Waals surface area contributed by atoms with Gasteiger partial charge in [-0.25, -0.2) is 4.99 Å². The fraction of sp³-hybridized carbons (Fsp3) is 0.241. The second-order valence-electron chi connectivity index (χ2n) is 8.28. The van der Waals surface area contributed by atoms with Gasteiger partial charge in [0.05, 0.1) is 24.5 Å². The third kappa shape index (κ3) is 5.73. The molecule has 2 aromatic carbocycles. The molecule has 34 heavy (non-hydrogen) atoms. The molecular formula is C29H30N2O3. The maximum Gasteiger partial charge on any atom is 0.168 e. The Morgan fingerprint density at radius 1 is 1.00 bits per heavy atom. The summed E-state index contributed by atoms with van der Waals surface area (Å²) in [6.07, 6.45) is 10.3. The van der Waals surface area contributed by atoms with Crippen molar-refractivity contribution in [3.63, 3.8) is 0 Å². The first-order valence-electron chi connectivity index (χ1n) is 11.7. The highest BCUT2D eigenvalue weighted by Gasteiger charge is 2.20. The Kier molecular flexibility index (Phi) is 7.76. The molecule has 174 valence electrons. The highest BCUT2D eigenvalue weighted by molar-refractivity contribution is 6.21. The van der Waals surface area contributed by atoms with Gasteiger partial charge in [-0.15, -0.1) is 0 Å². The van der Waals surface area contributed by atoms with E-state index in [-0.39, 0.29) is 11.9 Å². The number of benzene rings is 2. The van der Waals surface area contributed by atoms with E-state index in [2.05, 4.69) is 4.98 Å². The first-order chi connectivity index (χ1) is 16.7. The summed E-state index contributed by atoms with van der Waals surface area (Å²) in [6, 6.07) is 21.1. The van der Waals surface area contributed by atoms with Crippen LogP contribution < -0.4 is 15.0 Å². The molecule has 3 aromatic rings. The summed E-state index contributed by atoms with van der Waals surface area (Å²) in [5.74, 6) is 1.37. The van der Waals surface area contributed by atoms with Gasteiger partial charge in [-0.2, -0.15) is 0 Å². The summed E-state index contributed by atoms with van der Waals surface area (Å²) in [5, 5.41) is 0. The van der Waals surface area contributed by atoms with Crippen molar-refractivity contribution < 1.29 is 14.3 Å². The number of pyridine rings is 1. The third-order valence-corrected chi connectivity index (χ3v) is 5.84. The van der Waals surface area contributed by atoms with Crippen LogP contribution in [0, 0.1) is 0 Å². The maximum absolute atomic E-state index is 12.8. The van der Waals surface area contributed by atoms with Gasteiger partial charge in [-0.1, -0.05) is 48.5 Å². The Labute approximate surface area is 200 Å². The Hall–Kier alpha value is -3.86. The van der Waals surface area contributed by atoms with Crippen molar-refractivity contribution in [1.82, 2.24) is 4.98 Å². The maximum atomic E-state index is 12.8. The van der Waals surface area contributed by atoms with E-state index in [1.807, 2.05) is 85.1 Å². The van der Waals surface area contributed by atoms with Crippen LogP contribution in [0.1, 0.15) is 43.7 Å². The molecule has 5 heteroatoms. The minimum Gasteiger partial charge on any atom is -0.493 e. The first kappa shape index (κ1) is 23.3. The van der Waals surface area contributed by atoms with Gasteiger partial charge in [0, 0.05) is 11.8 Å². The molecule has 4 rings (SSSR count). The molecule has 0 saturated heterocycles. The predicted molar refractivity (Wildman–Crippen MR) is 135 cm³/mol. The number of carbonyl (C=O) groups excluding carboxylic acids is 1. The number of nitrogens with zero attached hydrogens (tertiary/aromatic N) is 1. The molecule has 1 aromatic heterocycles. The van der Waals surface area contributed by atoms with Gasteiger partial charge in [0.2, 0.25) is 0 Å². The van der Waals surface area contributed by atoms with Crippen LogP contribution in [0.3, 0.4) is 0 Å². The molecule has 1 heterocycles. The molecule has 0 unspecified atom stereocenters. The molecule has 0 amide bonds. The number of nitrogens with one attached hydrogen (secondary N) is 1. The van der Waals surface area contributed by atoms with E-state index in [1.54, 1.807) is 14.0 Å². The summed E-state index contributed by atoms with van der Waals surface area (Å²) < 4.78 is 12.0. The van der Waals surface area contributed by atoms with Crippen LogP contribution in [0.15, 0.2) is 89.7 Å². The van der Waals surface area contributed by atoms with E-state index < -0.39 is 0 Å². The monoisotopic (exact) mass is 454 g/mol. The molecule has 0 aliphatic heterocycles. The number of allylic oxidation sites excluding steroid dienone is 2. The van der Waals surface area contributed by atoms with Gasteiger partial charge in [0.15, 0.2) is 17.3 Å². The minimum atomic E-state index is -0.0568. The van der Waals surface area contributed by atoms with E-state index >= 15 is 0 Å². The van der Waals surface area contributed by atoms with Crippen molar-refractivity contribution in [2.24, 2.45) is 4.99 Å². The van der Waals surface area contributed by atoms with Crippen LogP contribution in [0.25, 0.3) is 11.6 Å². The topological polar surface area (TPSA) is 63.7 Å². The molecule has 1 aliphatic rings. The average molecular weight is 455 g/mol. The van der Waals surface area contributed by atoms with Gasteiger partial charge in [-0.05, 0) is 68.5 Å². The lowest BCUT2D eigenvalue weighted by molar-refractivity contribution is -0.111. The van der Waals surface area contributed by atoms with Crippen LogP contribution in [0.4, 0.5) is 0 Å². The average Bonchev–Trinajstić information content (AvgIpc) is 3.37. The smallest absolute Gasteiger partial charge is 0.168 e. The molecule has 5 nitrogen and oxygen atoms in total. The standard InChI is InChI=1S/C29H30N2O3/c1-21(32)28(22-11-4-3-5-12-22)25(31-27-17-8-9-20-30-27)19-18-23-13-10-16-26(33-2)29(23)34-24-14-6-7-15-24/h3-5,8-13,16-20,24H,6-7,14-15H2,1-2H3,(H,30,31)/b19-18+,28-25+. The van der Waals surface area contributed by atoms with Gasteiger partial charge < -0.3 is 14.5 Å². The molecule has 1 N–H and O–H groups in total. The highest BCUT2D eigenvalue weighted by Crippen LogP contribution is 2.36. The summed E-state index contributed by atoms with van der Waals surface area (Å²) >= 11 is 0. The van der Waals surface area contributed by atoms with Crippen molar-refractivity contribution in [3.05, 3.63) is 101 Å². The lowest BCUT2D eigenvalue weighted by Crippen LogP contribution is -2.12. The number of hydrogen-bond donors (Lipinski definition) is 1. The molecule has 0 atom stereocenters. The van der Waals surface area contributed by atoms with E-state index in [0.717, 1.165) is 29.7 Å². The summed E-state index contributed by atoms with van der Waals surface area (Å²) in [6.45, 7) is 1.57. The number of rotatable bonds is 8. The number of aromatic nitrogens is 1. The largest absolute Gasteiger partial charge is 0.493 e. The predicted octanol–water partition coefficient (Wildman–Crippen LogP) is 5.96. The lowest BCUT2D eigenvalue weighted by Gasteiger charge is -2.18. The summed E-state index contributed by atoms with van der Waals surface area (Å²) in [5.41, 5.74) is 3.48. The van der Waals surface area contributed by atoms with E-state index in [9.17, 15) is 4.79 Å². The van der Waals surface area contributed by atoms with Crippen molar-refractivity contribution in [3.8, 4) is 11.5 Å². The number of aromatic amines is 1. The number of para-hydroxylation sites is 1. The second-order valence-corrected chi connectivity index (χ2v) is 8.28. The zero-order valence-corrected chi connectivity index (χ0v) is 19.7. The lowest BCUT2D eigenvalue weighted by atomic mass is 9.99. The van der Waals surface area contributed by atoms with Gasteiger partial charge in [0.25, 0.3) is 0 Å². The van der Waals surface area contributed by atoms with E-state index in [1.165, 1.54) is 12.8 Å². The molecule has 0 radical (unpaired) electrons. The number of ether oxygens (including phenoxy) is 2. The van der Waals surface area contributed by atoms with E-state index in [4.69, 9.17) is 14.5 Å². The fourth-order valence-corrected chi connectivity index (χ4v) is 4.19. The minimum absolute atomic E-state index is 0.0568. The Morgan fingerprint density at radius 2 is 1.76 bits per heavy atom. The first-order valence-corrected chi connectivity index (χ1v) is 11.7. The number of hydrogen-bond acceptors (Lipinski definition) is 4. The molecule has 0 spiro atoms. The quantitative estimate of drug-likeness (QED) is 0.337. The van der Waals surface area contributed by atoms with Crippen LogP contribution >= 0.6 is 0 Å². The third-order valence-electron chi connectivity index (χ3n) is 5.84. The fourth-order valence-electron chi connectivity index (χ4n) is 4.19. The zero-order valence-electron chi connectivity index (χ0n) is 19.7. The SMILES string of the molecule is COc1cccc(/C=C/C(/N=c2/cccc[nH]2)=C(/C(C)=O)c2ccccc2)c1OC1CCCC1.